The summed E-state index contributed by atoms with van der Waals surface area (Å²) < 4.78 is 36.6. The average molecular weight is 345 g/mol. The molecule has 1 unspecified atom stereocenters. The molecule has 0 spiro atoms. The van der Waals surface area contributed by atoms with Crippen LogP contribution in [0.4, 0.5) is 13.2 Å². The van der Waals surface area contributed by atoms with Crippen LogP contribution in [0.3, 0.4) is 0 Å². The number of thiophene rings is 1. The normalized spacial score (nSPS) is 13.4. The van der Waals surface area contributed by atoms with Crippen molar-refractivity contribution in [1.29, 1.82) is 0 Å². The topological polar surface area (TPSA) is 41.1 Å². The number of alkyl halides is 3. The van der Waals surface area contributed by atoms with Crippen molar-refractivity contribution in [3.63, 3.8) is 0 Å². The van der Waals surface area contributed by atoms with Gasteiger partial charge in [0.15, 0.2) is 0 Å². The number of nitrogens with one attached hydrogen (secondary N) is 2. The molecule has 8 heteroatoms. The molecule has 0 aliphatic rings. The first-order chi connectivity index (χ1) is 8.28. The summed E-state index contributed by atoms with van der Waals surface area (Å²) in [4.78, 5) is 12.3. The average Bonchev–Trinajstić information content (AvgIpc) is 2.67. The van der Waals surface area contributed by atoms with Gasteiger partial charge in [-0.05, 0) is 35.0 Å². The summed E-state index contributed by atoms with van der Waals surface area (Å²) in [6.45, 7) is 0.660. The molecule has 0 fully saturated rings. The molecule has 0 bridgehead atoms. The van der Waals surface area contributed by atoms with Crippen molar-refractivity contribution in [1.82, 2.24) is 10.6 Å². The van der Waals surface area contributed by atoms with Crippen LogP contribution in [0.5, 0.6) is 0 Å². The van der Waals surface area contributed by atoms with Gasteiger partial charge in [0.25, 0.3) is 0 Å². The number of hydrogen-bond donors (Lipinski definition) is 2. The highest BCUT2D eigenvalue weighted by molar-refractivity contribution is 9.11. The summed E-state index contributed by atoms with van der Waals surface area (Å²) >= 11 is 4.80. The zero-order valence-corrected chi connectivity index (χ0v) is 11.9. The number of carbonyl (C=O) groups is 1. The molecule has 0 saturated heterocycles. The van der Waals surface area contributed by atoms with E-state index in [1.54, 1.807) is 0 Å². The van der Waals surface area contributed by atoms with Gasteiger partial charge in [0, 0.05) is 11.4 Å². The third-order valence-corrected chi connectivity index (χ3v) is 3.69. The maximum atomic E-state index is 11.9. The summed E-state index contributed by atoms with van der Waals surface area (Å²) in [6.07, 6.45) is -4.38. The summed E-state index contributed by atoms with van der Waals surface area (Å²) in [5.41, 5.74) is 0. The first-order valence-corrected chi connectivity index (χ1v) is 6.71. The van der Waals surface area contributed by atoms with Crippen LogP contribution in [-0.4, -0.2) is 24.7 Å². The highest BCUT2D eigenvalue weighted by atomic mass is 79.9. The highest BCUT2D eigenvalue weighted by Gasteiger charge is 2.28. The van der Waals surface area contributed by atoms with Crippen LogP contribution in [-0.2, 0) is 11.3 Å². The molecule has 3 nitrogen and oxygen atoms in total. The Labute approximate surface area is 115 Å². The maximum Gasteiger partial charge on any atom is 0.405 e. The smallest absolute Gasteiger partial charge is 0.346 e. The van der Waals surface area contributed by atoms with E-state index in [-0.39, 0.29) is 0 Å². The van der Waals surface area contributed by atoms with Crippen molar-refractivity contribution >= 4 is 33.2 Å². The molecular formula is C10H12BrF3N2OS. The van der Waals surface area contributed by atoms with E-state index in [0.717, 1.165) is 8.66 Å². The second-order valence-electron chi connectivity index (χ2n) is 3.64. The van der Waals surface area contributed by atoms with Crippen LogP contribution < -0.4 is 10.6 Å². The zero-order chi connectivity index (χ0) is 13.8. The third kappa shape index (κ3) is 5.83. The fourth-order valence-corrected chi connectivity index (χ4v) is 2.57. The zero-order valence-electron chi connectivity index (χ0n) is 9.47. The van der Waals surface area contributed by atoms with Gasteiger partial charge in [-0.1, -0.05) is 0 Å². The standard InChI is InChI=1S/C10H12BrF3N2OS/c1-6(9(17)16-5-10(12,13)14)15-4-7-2-3-8(11)18-7/h2-3,6,15H,4-5H2,1H3,(H,16,17). The first-order valence-electron chi connectivity index (χ1n) is 5.10. The molecule has 0 aliphatic heterocycles. The van der Waals surface area contributed by atoms with Crippen LogP contribution in [0.25, 0.3) is 0 Å². The van der Waals surface area contributed by atoms with Gasteiger partial charge < -0.3 is 10.6 Å². The number of rotatable bonds is 5. The second-order valence-corrected chi connectivity index (χ2v) is 6.19. The number of carbonyl (C=O) groups excluding carboxylic acids is 1. The molecule has 0 aromatic carbocycles. The Morgan fingerprint density at radius 2 is 2.17 bits per heavy atom. The van der Waals surface area contributed by atoms with E-state index in [9.17, 15) is 18.0 Å². The van der Waals surface area contributed by atoms with Gasteiger partial charge >= 0.3 is 6.18 Å². The van der Waals surface area contributed by atoms with Crippen LogP contribution in [0.2, 0.25) is 0 Å². The Bertz CT molecular complexity index is 408. The van der Waals surface area contributed by atoms with Crippen LogP contribution in [0, 0.1) is 0 Å². The molecule has 1 amide bonds. The Morgan fingerprint density at radius 1 is 1.50 bits per heavy atom. The molecule has 1 rings (SSSR count). The molecule has 0 aliphatic carbocycles. The van der Waals surface area contributed by atoms with Crippen LogP contribution in [0.1, 0.15) is 11.8 Å². The van der Waals surface area contributed by atoms with Crippen molar-refractivity contribution in [2.45, 2.75) is 25.7 Å². The Balaban J connectivity index is 2.32. The van der Waals surface area contributed by atoms with Gasteiger partial charge in [0.1, 0.15) is 6.54 Å². The molecule has 0 radical (unpaired) electrons. The first kappa shape index (κ1) is 15.5. The molecule has 1 atom stereocenters. The third-order valence-electron chi connectivity index (χ3n) is 2.07. The van der Waals surface area contributed by atoms with Gasteiger partial charge in [-0.25, -0.2) is 0 Å². The number of halogens is 4. The fraction of sp³-hybridized carbons (Fsp3) is 0.500. The van der Waals surface area contributed by atoms with E-state index >= 15 is 0 Å². The predicted octanol–water partition coefficient (Wildman–Crippen LogP) is 2.67. The van der Waals surface area contributed by atoms with E-state index in [1.165, 1.54) is 18.3 Å². The lowest BCUT2D eigenvalue weighted by Gasteiger charge is -2.14. The van der Waals surface area contributed by atoms with Crippen molar-refractivity contribution < 1.29 is 18.0 Å². The lowest BCUT2D eigenvalue weighted by Crippen LogP contribution is -2.44. The highest BCUT2D eigenvalue weighted by Crippen LogP contribution is 2.21. The predicted molar refractivity (Wildman–Crippen MR) is 67.4 cm³/mol. The van der Waals surface area contributed by atoms with E-state index < -0.39 is 24.7 Å². The monoisotopic (exact) mass is 344 g/mol. The van der Waals surface area contributed by atoms with Gasteiger partial charge in [-0.15, -0.1) is 11.3 Å². The minimum atomic E-state index is -4.38. The molecule has 1 heterocycles. The number of amides is 1. The van der Waals surface area contributed by atoms with Crippen molar-refractivity contribution in [2.75, 3.05) is 6.54 Å². The summed E-state index contributed by atoms with van der Waals surface area (Å²) in [6, 6.07) is 3.08. The molecule has 102 valence electrons. The van der Waals surface area contributed by atoms with Gasteiger partial charge in [0.05, 0.1) is 9.83 Å². The minimum Gasteiger partial charge on any atom is -0.346 e. The SMILES string of the molecule is CC(NCc1ccc(Br)s1)C(=O)NCC(F)(F)F. The Morgan fingerprint density at radius 3 is 2.67 bits per heavy atom. The van der Waals surface area contributed by atoms with Crippen molar-refractivity contribution in [3.8, 4) is 0 Å². The largest absolute Gasteiger partial charge is 0.405 e. The van der Waals surface area contributed by atoms with E-state index in [0.29, 0.717) is 6.54 Å². The maximum absolute atomic E-state index is 11.9. The van der Waals surface area contributed by atoms with Gasteiger partial charge in [-0.2, -0.15) is 13.2 Å². The Kier molecular flexibility index (Phi) is 5.61. The summed E-state index contributed by atoms with van der Waals surface area (Å²) in [5.74, 6) is -0.664. The summed E-state index contributed by atoms with van der Waals surface area (Å²) in [5, 5.41) is 4.69. The molecular weight excluding hydrogens is 333 g/mol. The minimum absolute atomic E-state index is 0.441. The lowest BCUT2D eigenvalue weighted by atomic mass is 10.3. The number of hydrogen-bond acceptors (Lipinski definition) is 3. The fourth-order valence-electron chi connectivity index (χ4n) is 1.13. The van der Waals surface area contributed by atoms with Crippen molar-refractivity contribution in [3.05, 3.63) is 20.8 Å². The molecule has 1 aromatic rings. The Hall–Kier alpha value is -0.600. The molecule has 2 N–H and O–H groups in total. The van der Waals surface area contributed by atoms with Crippen LogP contribution >= 0.6 is 27.3 Å². The van der Waals surface area contributed by atoms with E-state index in [4.69, 9.17) is 0 Å². The lowest BCUT2D eigenvalue weighted by molar-refractivity contribution is -0.139. The molecule has 18 heavy (non-hydrogen) atoms. The second kappa shape index (κ2) is 6.53. The summed E-state index contributed by atoms with van der Waals surface area (Å²) in [7, 11) is 0. The van der Waals surface area contributed by atoms with E-state index in [1.807, 2.05) is 17.4 Å². The van der Waals surface area contributed by atoms with Gasteiger partial charge in [0.2, 0.25) is 5.91 Å². The van der Waals surface area contributed by atoms with Crippen molar-refractivity contribution in [2.24, 2.45) is 0 Å². The van der Waals surface area contributed by atoms with E-state index in [2.05, 4.69) is 21.2 Å². The quantitative estimate of drug-likeness (QED) is 0.862. The molecule has 0 saturated carbocycles. The van der Waals surface area contributed by atoms with Crippen LogP contribution in [0.15, 0.2) is 15.9 Å². The molecule has 1 aromatic heterocycles. The van der Waals surface area contributed by atoms with Gasteiger partial charge in [-0.3, -0.25) is 4.79 Å².